The molecule has 1 aliphatic carbocycles. The summed E-state index contributed by atoms with van der Waals surface area (Å²) in [5.41, 5.74) is 7.65. The number of carbonyl (C=O) groups excluding carboxylic acids is 3. The molecule has 4 rings (SSSR count). The van der Waals surface area contributed by atoms with Gasteiger partial charge in [0.25, 0.3) is 11.8 Å². The van der Waals surface area contributed by atoms with E-state index in [0.717, 1.165) is 47.9 Å². The van der Waals surface area contributed by atoms with Crippen LogP contribution in [-0.4, -0.2) is 54.8 Å². The predicted octanol–water partition coefficient (Wildman–Crippen LogP) is 3.98. The number of thiocarbonyl (C=S) groups is 1. The lowest BCUT2D eigenvalue weighted by molar-refractivity contribution is -0.122. The molecule has 0 spiro atoms. The molecule has 3 N–H and O–H groups in total. The summed E-state index contributed by atoms with van der Waals surface area (Å²) in [7, 11) is 4.55. The Hall–Kier alpha value is -3.09. The predicted molar refractivity (Wildman–Crippen MR) is 149 cm³/mol. The topological polar surface area (TPSA) is 120 Å². The van der Waals surface area contributed by atoms with E-state index in [2.05, 4.69) is 5.32 Å². The number of benzene rings is 1. The molecule has 9 nitrogen and oxygen atoms in total. The number of fused-ring (bicyclic) bond motifs is 1. The Morgan fingerprint density at radius 1 is 1.14 bits per heavy atom. The van der Waals surface area contributed by atoms with Crippen LogP contribution in [0.5, 0.6) is 17.2 Å². The van der Waals surface area contributed by atoms with Crippen molar-refractivity contribution in [2.75, 3.05) is 33.2 Å². The fourth-order valence-corrected chi connectivity index (χ4v) is 6.97. The maximum atomic E-state index is 13.1. The van der Waals surface area contributed by atoms with E-state index in [1.54, 1.807) is 18.2 Å². The highest BCUT2D eigenvalue weighted by Crippen LogP contribution is 2.41. The molecule has 12 heteroatoms. The third-order valence-electron chi connectivity index (χ3n) is 6.09. The molecule has 1 fully saturated rings. The molecule has 0 saturated carbocycles. The summed E-state index contributed by atoms with van der Waals surface area (Å²) >= 11 is 7.98. The molecule has 0 unspecified atom stereocenters. The first-order valence-electron chi connectivity index (χ1n) is 11.6. The zero-order chi connectivity index (χ0) is 26.7. The Labute approximate surface area is 228 Å². The molecule has 1 aromatic heterocycles. The van der Waals surface area contributed by atoms with E-state index in [1.807, 2.05) is 0 Å². The molecule has 0 bridgehead atoms. The third kappa shape index (κ3) is 5.60. The highest BCUT2D eigenvalue weighted by molar-refractivity contribution is 8.26. The Morgan fingerprint density at radius 3 is 2.43 bits per heavy atom. The van der Waals surface area contributed by atoms with Gasteiger partial charge in [-0.15, -0.1) is 11.3 Å². The average Bonchev–Trinajstić information content (AvgIpc) is 3.37. The zero-order valence-corrected chi connectivity index (χ0v) is 23.1. The lowest BCUT2D eigenvalue weighted by Crippen LogP contribution is -2.31. The molecule has 1 saturated heterocycles. The van der Waals surface area contributed by atoms with Gasteiger partial charge in [0.15, 0.2) is 11.5 Å². The van der Waals surface area contributed by atoms with Crippen LogP contribution in [0.2, 0.25) is 0 Å². The maximum absolute atomic E-state index is 13.1. The summed E-state index contributed by atoms with van der Waals surface area (Å²) in [6.07, 6.45) is 5.43. The SMILES string of the molecule is COc1cc(C=C2SC(=S)N(CCC(=O)Nc3sc4c(c3C(N)=O)CCCC4)C2=O)cc(OC)c1OC. The molecule has 2 heterocycles. The van der Waals surface area contributed by atoms with Crippen molar-refractivity contribution in [3.63, 3.8) is 0 Å². The lowest BCUT2D eigenvalue weighted by atomic mass is 9.95. The Balaban J connectivity index is 1.45. The van der Waals surface area contributed by atoms with Crippen molar-refractivity contribution >= 4 is 68.4 Å². The van der Waals surface area contributed by atoms with Gasteiger partial charge in [-0.05, 0) is 55.0 Å². The van der Waals surface area contributed by atoms with Gasteiger partial charge in [-0.25, -0.2) is 0 Å². The van der Waals surface area contributed by atoms with Crippen molar-refractivity contribution in [3.8, 4) is 17.2 Å². The van der Waals surface area contributed by atoms with Crippen molar-refractivity contribution < 1.29 is 28.6 Å². The van der Waals surface area contributed by atoms with E-state index in [0.29, 0.717) is 42.6 Å². The summed E-state index contributed by atoms with van der Waals surface area (Å²) in [6.45, 7) is 0.111. The second kappa shape index (κ2) is 11.5. The summed E-state index contributed by atoms with van der Waals surface area (Å²) in [4.78, 5) is 40.8. The Bertz CT molecular complexity index is 1280. The van der Waals surface area contributed by atoms with Crippen LogP contribution in [-0.2, 0) is 22.4 Å². The Kier molecular flexibility index (Phi) is 8.40. The summed E-state index contributed by atoms with van der Waals surface area (Å²) in [5, 5.41) is 3.31. The van der Waals surface area contributed by atoms with Crippen LogP contribution < -0.4 is 25.3 Å². The van der Waals surface area contributed by atoms with Gasteiger partial charge < -0.3 is 25.3 Å². The number of hydrogen-bond donors (Lipinski definition) is 2. The first kappa shape index (κ1) is 27.0. The number of hydrogen-bond acceptors (Lipinski definition) is 9. The highest BCUT2D eigenvalue weighted by atomic mass is 32.2. The van der Waals surface area contributed by atoms with E-state index < -0.39 is 5.91 Å². The van der Waals surface area contributed by atoms with E-state index in [9.17, 15) is 14.4 Å². The van der Waals surface area contributed by atoms with Gasteiger partial charge in [0.05, 0.1) is 31.8 Å². The minimum atomic E-state index is -0.538. The molecule has 0 radical (unpaired) electrons. The third-order valence-corrected chi connectivity index (χ3v) is 8.68. The zero-order valence-electron chi connectivity index (χ0n) is 20.7. The van der Waals surface area contributed by atoms with Crippen molar-refractivity contribution in [2.45, 2.75) is 32.1 Å². The molecule has 0 atom stereocenters. The number of nitrogens with two attached hydrogens (primary N) is 1. The number of methoxy groups -OCH3 is 3. The molecule has 2 aromatic rings. The number of nitrogens with one attached hydrogen (secondary N) is 1. The fourth-order valence-electron chi connectivity index (χ4n) is 4.35. The number of ether oxygens (including phenoxy) is 3. The number of aryl methyl sites for hydroxylation is 1. The standard InChI is InChI=1S/C25H27N3O6S3/c1-32-15-10-13(11-16(33-2)21(15)34-3)12-18-24(31)28(25(35)37-18)9-8-19(29)27-23-20(22(26)30)14-6-4-5-7-17(14)36-23/h10-12H,4-9H2,1-3H3,(H2,26,30)(H,27,29). The largest absolute Gasteiger partial charge is 0.493 e. The van der Waals surface area contributed by atoms with Gasteiger partial charge in [-0.3, -0.25) is 19.3 Å². The molecule has 2 aliphatic rings. The number of rotatable bonds is 9. The van der Waals surface area contributed by atoms with Crippen LogP contribution in [0.3, 0.4) is 0 Å². The quantitative estimate of drug-likeness (QED) is 0.349. The van der Waals surface area contributed by atoms with Gasteiger partial charge in [0, 0.05) is 17.8 Å². The van der Waals surface area contributed by atoms with Crippen molar-refractivity contribution in [2.24, 2.45) is 5.73 Å². The van der Waals surface area contributed by atoms with Crippen LogP contribution in [0.25, 0.3) is 6.08 Å². The lowest BCUT2D eigenvalue weighted by Gasteiger charge is -2.14. The molecular formula is C25H27N3O6S3. The first-order chi connectivity index (χ1) is 17.8. The monoisotopic (exact) mass is 561 g/mol. The second-order valence-electron chi connectivity index (χ2n) is 8.37. The van der Waals surface area contributed by atoms with Crippen LogP contribution >= 0.6 is 35.3 Å². The average molecular weight is 562 g/mol. The molecular weight excluding hydrogens is 534 g/mol. The minimum absolute atomic E-state index is 0.0185. The van der Waals surface area contributed by atoms with Gasteiger partial charge in [0.1, 0.15) is 9.32 Å². The second-order valence-corrected chi connectivity index (χ2v) is 11.2. The highest BCUT2D eigenvalue weighted by Gasteiger charge is 2.33. The maximum Gasteiger partial charge on any atom is 0.266 e. The van der Waals surface area contributed by atoms with Gasteiger partial charge >= 0.3 is 0 Å². The van der Waals surface area contributed by atoms with E-state index in [-0.39, 0.29) is 24.8 Å². The molecule has 1 aliphatic heterocycles. The van der Waals surface area contributed by atoms with E-state index in [1.165, 1.54) is 37.6 Å². The van der Waals surface area contributed by atoms with Gasteiger partial charge in [-0.1, -0.05) is 24.0 Å². The first-order valence-corrected chi connectivity index (χ1v) is 13.6. The van der Waals surface area contributed by atoms with Crippen LogP contribution in [0.1, 0.15) is 45.6 Å². The summed E-state index contributed by atoms with van der Waals surface area (Å²) < 4.78 is 16.5. The Morgan fingerprint density at radius 2 is 1.81 bits per heavy atom. The van der Waals surface area contributed by atoms with E-state index >= 15 is 0 Å². The number of carbonyl (C=O) groups is 3. The number of thioether (sulfide) groups is 1. The molecule has 196 valence electrons. The van der Waals surface area contributed by atoms with Crippen molar-refractivity contribution in [3.05, 3.63) is 38.6 Å². The molecule has 37 heavy (non-hydrogen) atoms. The smallest absolute Gasteiger partial charge is 0.266 e. The van der Waals surface area contributed by atoms with Crippen molar-refractivity contribution in [1.82, 2.24) is 4.90 Å². The summed E-state index contributed by atoms with van der Waals surface area (Å²) in [5.74, 6) is 0.233. The fraction of sp³-hybridized carbons (Fsp3) is 0.360. The van der Waals surface area contributed by atoms with Gasteiger partial charge in [0.2, 0.25) is 11.7 Å². The number of thiophene rings is 1. The molecule has 1 aromatic carbocycles. The molecule has 3 amide bonds. The van der Waals surface area contributed by atoms with Crippen molar-refractivity contribution in [1.29, 1.82) is 0 Å². The van der Waals surface area contributed by atoms with Crippen LogP contribution in [0, 0.1) is 0 Å². The number of amides is 3. The normalized spacial score (nSPS) is 16.1. The number of nitrogens with zero attached hydrogens (tertiary/aromatic N) is 1. The van der Waals surface area contributed by atoms with E-state index in [4.69, 9.17) is 32.2 Å². The number of primary amides is 1. The summed E-state index contributed by atoms with van der Waals surface area (Å²) in [6, 6.07) is 3.47. The van der Waals surface area contributed by atoms with Gasteiger partial charge in [-0.2, -0.15) is 0 Å². The minimum Gasteiger partial charge on any atom is -0.493 e. The van der Waals surface area contributed by atoms with Crippen LogP contribution in [0.4, 0.5) is 5.00 Å². The number of anilines is 1. The van der Waals surface area contributed by atoms with Crippen LogP contribution in [0.15, 0.2) is 17.0 Å².